The quantitative estimate of drug-likeness (QED) is 0.0427. The second-order valence-electron chi connectivity index (χ2n) is 18.2. The number of ether oxygens (including phenoxy) is 10. The topological polar surface area (TPSA) is 396 Å². The fourth-order valence-corrected chi connectivity index (χ4v) is 9.85. The average Bonchev–Trinajstić information content (AvgIpc) is 3.32. The fourth-order valence-electron chi connectivity index (χ4n) is 9.85. The highest BCUT2D eigenvalue weighted by molar-refractivity contribution is 4.97. The van der Waals surface area contributed by atoms with Crippen molar-refractivity contribution in [3.8, 4) is 0 Å². The van der Waals surface area contributed by atoms with Crippen LogP contribution in [0, 0.1) is 29.6 Å². The summed E-state index contributed by atoms with van der Waals surface area (Å²) in [7, 11) is 1.40. The molecule has 0 aromatic rings. The van der Waals surface area contributed by atoms with E-state index in [9.17, 15) is 76.6 Å². The molecule has 0 aromatic carbocycles. The number of rotatable bonds is 24. The lowest BCUT2D eigenvalue weighted by Crippen LogP contribution is -2.60. The molecular weight excluding hydrogens is 904 g/mol. The SMILES string of the molecule is CCC1C(CO)OC(COCC2C(CO)OC(COCC3C(CO)OC(COCC4C(CO)OC(COCC5C(CO)OC(COC)C(O)C5O)C(O)C4O)C(O)C3O)C(O)C2O)C(O)C1O. The molecule has 67 heavy (non-hydrogen) atoms. The second-order valence-corrected chi connectivity index (χ2v) is 18.2. The third kappa shape index (κ3) is 13.5. The summed E-state index contributed by atoms with van der Waals surface area (Å²) in [6.07, 6.45) is -24.0. The van der Waals surface area contributed by atoms with Crippen molar-refractivity contribution in [1.82, 2.24) is 0 Å². The molecule has 5 aliphatic heterocycles. The van der Waals surface area contributed by atoms with Gasteiger partial charge >= 0.3 is 0 Å². The van der Waals surface area contributed by atoms with Gasteiger partial charge in [0.25, 0.3) is 0 Å². The van der Waals surface area contributed by atoms with Crippen molar-refractivity contribution in [2.24, 2.45) is 29.6 Å². The first kappa shape index (κ1) is 56.9. The van der Waals surface area contributed by atoms with E-state index in [1.807, 2.05) is 0 Å². The van der Waals surface area contributed by atoms with Crippen LogP contribution in [0.25, 0.3) is 0 Å². The molecule has 15 N–H and O–H groups in total. The van der Waals surface area contributed by atoms with Crippen molar-refractivity contribution in [2.75, 3.05) is 99.6 Å². The maximum atomic E-state index is 11.1. The summed E-state index contributed by atoms with van der Waals surface area (Å²) < 4.78 is 56.8. The van der Waals surface area contributed by atoms with Crippen molar-refractivity contribution in [1.29, 1.82) is 0 Å². The number of aliphatic hydroxyl groups is 15. The Morgan fingerprint density at radius 2 is 0.493 bits per heavy atom. The van der Waals surface area contributed by atoms with Gasteiger partial charge in [-0.2, -0.15) is 0 Å². The molecular formula is C42H76O25. The lowest BCUT2D eigenvalue weighted by Gasteiger charge is -2.44. The van der Waals surface area contributed by atoms with Crippen LogP contribution in [0.5, 0.6) is 0 Å². The summed E-state index contributed by atoms with van der Waals surface area (Å²) in [5.41, 5.74) is 0. The summed E-state index contributed by atoms with van der Waals surface area (Å²) in [6.45, 7) is -3.26. The predicted octanol–water partition coefficient (Wildman–Crippen LogP) is -8.40. The van der Waals surface area contributed by atoms with Gasteiger partial charge in [-0.25, -0.2) is 0 Å². The monoisotopic (exact) mass is 980 g/mol. The molecule has 0 saturated carbocycles. The van der Waals surface area contributed by atoms with E-state index in [-0.39, 0.29) is 66.1 Å². The summed E-state index contributed by atoms with van der Waals surface area (Å²) in [6, 6.07) is 0. The zero-order valence-corrected chi connectivity index (χ0v) is 37.8. The van der Waals surface area contributed by atoms with Crippen LogP contribution in [0.2, 0.25) is 0 Å². The van der Waals surface area contributed by atoms with E-state index in [0.717, 1.165) is 0 Å². The van der Waals surface area contributed by atoms with Crippen LogP contribution in [0.3, 0.4) is 0 Å². The van der Waals surface area contributed by atoms with Gasteiger partial charge in [0.05, 0.1) is 154 Å². The molecule has 394 valence electrons. The highest BCUT2D eigenvalue weighted by atomic mass is 16.6. The highest BCUT2D eigenvalue weighted by Crippen LogP contribution is 2.33. The van der Waals surface area contributed by atoms with Gasteiger partial charge < -0.3 is 124 Å². The molecule has 0 bridgehead atoms. The number of methoxy groups -OCH3 is 1. The molecule has 25 heteroatoms. The Morgan fingerprint density at radius 1 is 0.284 bits per heavy atom. The van der Waals surface area contributed by atoms with Crippen LogP contribution < -0.4 is 0 Å². The van der Waals surface area contributed by atoms with Gasteiger partial charge in [-0.3, -0.25) is 0 Å². The van der Waals surface area contributed by atoms with Gasteiger partial charge in [-0.05, 0) is 6.42 Å². The minimum absolute atomic E-state index is 0.0199. The number of aliphatic hydroxyl groups excluding tert-OH is 15. The largest absolute Gasteiger partial charge is 0.394 e. The molecule has 0 spiro atoms. The van der Waals surface area contributed by atoms with Gasteiger partial charge in [0.1, 0.15) is 61.0 Å². The van der Waals surface area contributed by atoms with E-state index >= 15 is 0 Å². The van der Waals surface area contributed by atoms with E-state index in [1.54, 1.807) is 6.92 Å². The summed E-state index contributed by atoms with van der Waals surface area (Å²) in [5.74, 6) is -4.28. The predicted molar refractivity (Wildman–Crippen MR) is 222 cm³/mol. The third-order valence-corrected chi connectivity index (χ3v) is 14.1. The van der Waals surface area contributed by atoms with E-state index in [1.165, 1.54) is 7.11 Å². The number of hydrogen-bond acceptors (Lipinski definition) is 25. The fraction of sp³-hybridized carbons (Fsp3) is 1.00. The van der Waals surface area contributed by atoms with Crippen LogP contribution >= 0.6 is 0 Å². The van der Waals surface area contributed by atoms with Crippen molar-refractivity contribution in [3.05, 3.63) is 0 Å². The summed E-state index contributed by atoms with van der Waals surface area (Å²) in [4.78, 5) is 0. The smallest absolute Gasteiger partial charge is 0.110 e. The molecule has 0 amide bonds. The first-order valence-electron chi connectivity index (χ1n) is 23.0. The van der Waals surface area contributed by atoms with Gasteiger partial charge in [0.15, 0.2) is 0 Å². The maximum absolute atomic E-state index is 11.1. The van der Waals surface area contributed by atoms with E-state index < -0.39 is 178 Å². The Morgan fingerprint density at radius 3 is 0.701 bits per heavy atom. The second kappa shape index (κ2) is 27.2. The standard InChI is InChI=1S/C42H76O25/c1-3-18-23(4-43)63-29(39(54)33(18)48)14-59-10-20-25(6-45)65-31(41(56)35(20)50)16-61-12-22-27(8-47)67-32(42(57)37(22)52)17-62-11-21-26(7-46)66-30(40(55)36(21)51)15-60-9-19-24(5-44)64-28(13-58-2)38(53)34(19)49/h18-57H,3-17H2,1-2H3. The van der Waals surface area contributed by atoms with Gasteiger partial charge in [0, 0.05) is 36.7 Å². The van der Waals surface area contributed by atoms with Crippen LogP contribution in [-0.4, -0.2) is 298 Å². The zero-order valence-electron chi connectivity index (χ0n) is 37.8. The maximum Gasteiger partial charge on any atom is 0.110 e. The Kier molecular flexibility index (Phi) is 23.1. The minimum Gasteiger partial charge on any atom is -0.394 e. The third-order valence-electron chi connectivity index (χ3n) is 14.1. The molecule has 25 unspecified atom stereocenters. The molecule has 0 aromatic heterocycles. The highest BCUT2D eigenvalue weighted by Gasteiger charge is 2.50. The Balaban J connectivity index is 1.05. The van der Waals surface area contributed by atoms with Crippen molar-refractivity contribution < 1.29 is 124 Å². The molecule has 25 atom stereocenters. The normalized spacial score (nSPS) is 46.4. The molecule has 5 rings (SSSR count). The lowest BCUT2D eigenvalue weighted by molar-refractivity contribution is -0.252. The van der Waals surface area contributed by atoms with Gasteiger partial charge in [0.2, 0.25) is 0 Å². The summed E-state index contributed by atoms with van der Waals surface area (Å²) >= 11 is 0. The molecule has 5 aliphatic rings. The first-order valence-corrected chi connectivity index (χ1v) is 23.0. The number of hydrogen-bond donors (Lipinski definition) is 15. The van der Waals surface area contributed by atoms with Crippen molar-refractivity contribution in [2.45, 2.75) is 135 Å². The molecule has 5 heterocycles. The minimum atomic E-state index is -1.57. The first-order chi connectivity index (χ1) is 32.1. The van der Waals surface area contributed by atoms with Crippen molar-refractivity contribution >= 4 is 0 Å². The lowest BCUT2D eigenvalue weighted by atomic mass is 9.85. The molecule has 5 fully saturated rings. The Labute approximate surface area is 388 Å². The van der Waals surface area contributed by atoms with Crippen LogP contribution in [0.4, 0.5) is 0 Å². The van der Waals surface area contributed by atoms with Crippen LogP contribution in [0.15, 0.2) is 0 Å². The Hall–Kier alpha value is -1.00. The zero-order chi connectivity index (χ0) is 49.1. The summed E-state index contributed by atoms with van der Waals surface area (Å²) in [5, 5.41) is 158. The molecule has 0 aliphatic carbocycles. The van der Waals surface area contributed by atoms with Gasteiger partial charge in [-0.15, -0.1) is 0 Å². The molecule has 5 saturated heterocycles. The van der Waals surface area contributed by atoms with Crippen molar-refractivity contribution in [3.63, 3.8) is 0 Å². The molecule has 25 nitrogen and oxygen atoms in total. The average molecular weight is 981 g/mol. The van der Waals surface area contributed by atoms with Crippen LogP contribution in [0.1, 0.15) is 13.3 Å². The van der Waals surface area contributed by atoms with E-state index in [0.29, 0.717) is 6.42 Å². The van der Waals surface area contributed by atoms with Crippen LogP contribution in [-0.2, 0) is 47.4 Å². The van der Waals surface area contributed by atoms with E-state index in [2.05, 4.69) is 0 Å². The molecule has 0 radical (unpaired) electrons. The van der Waals surface area contributed by atoms with E-state index in [4.69, 9.17) is 47.4 Å². The Bertz CT molecular complexity index is 1380. The van der Waals surface area contributed by atoms with Gasteiger partial charge in [-0.1, -0.05) is 6.92 Å².